The first-order chi connectivity index (χ1) is 9.83. The summed E-state index contributed by atoms with van der Waals surface area (Å²) in [6.45, 7) is 5.09. The summed E-state index contributed by atoms with van der Waals surface area (Å²) in [5.41, 5.74) is 0.980. The predicted molar refractivity (Wildman–Crippen MR) is 77.1 cm³/mol. The summed E-state index contributed by atoms with van der Waals surface area (Å²) in [5.74, 6) is 0.250. The molecule has 5 nitrogen and oxygen atoms in total. The summed E-state index contributed by atoms with van der Waals surface area (Å²) < 4.78 is 0. The maximum Gasteiger partial charge on any atom is 0.237 e. The Balaban J connectivity index is 1.59. The first-order valence-corrected chi connectivity index (χ1v) is 7.45. The van der Waals surface area contributed by atoms with Crippen LogP contribution in [0.3, 0.4) is 0 Å². The van der Waals surface area contributed by atoms with Crippen molar-refractivity contribution in [3.8, 4) is 0 Å². The summed E-state index contributed by atoms with van der Waals surface area (Å²) in [4.78, 5) is 21.1. The summed E-state index contributed by atoms with van der Waals surface area (Å²) in [6.07, 6.45) is 4.07. The van der Waals surface area contributed by atoms with Crippen LogP contribution in [0.4, 0.5) is 0 Å². The fourth-order valence-corrected chi connectivity index (χ4v) is 2.62. The van der Waals surface area contributed by atoms with Crippen LogP contribution < -0.4 is 5.32 Å². The number of nitrogens with zero attached hydrogens (tertiary/aromatic N) is 3. The SMILES string of the molecule is O=C(CN1CCNCC1)N(Cc1ccccn1)C1CC1. The molecule has 0 bridgehead atoms. The number of pyridine rings is 1. The minimum atomic E-state index is 0.250. The van der Waals surface area contributed by atoms with Crippen molar-refractivity contribution in [1.29, 1.82) is 0 Å². The number of hydrogen-bond donors (Lipinski definition) is 1. The van der Waals surface area contributed by atoms with Gasteiger partial charge in [0.25, 0.3) is 0 Å². The molecular weight excluding hydrogens is 252 g/mol. The molecule has 1 saturated carbocycles. The third-order valence-electron chi connectivity index (χ3n) is 3.93. The van der Waals surface area contributed by atoms with E-state index < -0.39 is 0 Å². The monoisotopic (exact) mass is 274 g/mol. The number of aromatic nitrogens is 1. The van der Waals surface area contributed by atoms with Crippen molar-refractivity contribution < 1.29 is 4.79 Å². The Morgan fingerprint density at radius 1 is 1.35 bits per heavy atom. The lowest BCUT2D eigenvalue weighted by Gasteiger charge is -2.30. The smallest absolute Gasteiger partial charge is 0.237 e. The highest BCUT2D eigenvalue weighted by molar-refractivity contribution is 5.79. The summed E-state index contributed by atoms with van der Waals surface area (Å²) in [6, 6.07) is 6.32. The van der Waals surface area contributed by atoms with Gasteiger partial charge in [0.15, 0.2) is 0 Å². The topological polar surface area (TPSA) is 48.5 Å². The number of hydrogen-bond acceptors (Lipinski definition) is 4. The molecule has 2 aliphatic rings. The van der Waals surface area contributed by atoms with E-state index in [9.17, 15) is 4.79 Å². The molecule has 0 aromatic carbocycles. The van der Waals surface area contributed by atoms with Crippen LogP contribution in [0.2, 0.25) is 0 Å². The highest BCUT2D eigenvalue weighted by atomic mass is 16.2. The number of amides is 1. The lowest BCUT2D eigenvalue weighted by molar-refractivity contribution is -0.133. The van der Waals surface area contributed by atoms with E-state index in [1.165, 1.54) is 0 Å². The van der Waals surface area contributed by atoms with Crippen LogP contribution in [0, 0.1) is 0 Å². The molecule has 1 saturated heterocycles. The average Bonchev–Trinajstić information content (AvgIpc) is 3.31. The van der Waals surface area contributed by atoms with Crippen LogP contribution in [0.15, 0.2) is 24.4 Å². The van der Waals surface area contributed by atoms with Crippen LogP contribution >= 0.6 is 0 Å². The average molecular weight is 274 g/mol. The van der Waals surface area contributed by atoms with Gasteiger partial charge < -0.3 is 10.2 Å². The Bertz CT molecular complexity index is 440. The Morgan fingerprint density at radius 3 is 2.80 bits per heavy atom. The first kappa shape index (κ1) is 13.5. The van der Waals surface area contributed by atoms with Gasteiger partial charge in [-0.3, -0.25) is 14.7 Å². The number of rotatable bonds is 5. The van der Waals surface area contributed by atoms with Crippen LogP contribution in [0.1, 0.15) is 18.5 Å². The molecule has 1 amide bonds. The van der Waals surface area contributed by atoms with Gasteiger partial charge in [-0.2, -0.15) is 0 Å². The molecule has 1 aliphatic carbocycles. The van der Waals surface area contributed by atoms with Crippen molar-refractivity contribution in [3.05, 3.63) is 30.1 Å². The zero-order chi connectivity index (χ0) is 13.8. The Hall–Kier alpha value is -1.46. The van der Waals surface area contributed by atoms with Crippen LogP contribution in [-0.4, -0.2) is 59.5 Å². The maximum atomic E-state index is 12.5. The second-order valence-electron chi connectivity index (χ2n) is 5.60. The molecule has 0 atom stereocenters. The van der Waals surface area contributed by atoms with Crippen molar-refractivity contribution in [2.45, 2.75) is 25.4 Å². The van der Waals surface area contributed by atoms with Gasteiger partial charge in [0.05, 0.1) is 18.8 Å². The second-order valence-corrected chi connectivity index (χ2v) is 5.60. The minimum absolute atomic E-state index is 0.250. The third kappa shape index (κ3) is 3.55. The number of nitrogens with one attached hydrogen (secondary N) is 1. The number of carbonyl (C=O) groups excluding carboxylic acids is 1. The number of carbonyl (C=O) groups is 1. The Labute approximate surface area is 120 Å². The van der Waals surface area contributed by atoms with Gasteiger partial charge in [-0.15, -0.1) is 0 Å². The van der Waals surface area contributed by atoms with Crippen LogP contribution in [-0.2, 0) is 11.3 Å². The van der Waals surface area contributed by atoms with Gasteiger partial charge >= 0.3 is 0 Å². The highest BCUT2D eigenvalue weighted by Gasteiger charge is 2.33. The van der Waals surface area contributed by atoms with Crippen LogP contribution in [0.5, 0.6) is 0 Å². The van der Waals surface area contributed by atoms with Crippen molar-refractivity contribution in [2.75, 3.05) is 32.7 Å². The standard InChI is InChI=1S/C15H22N4O/c20-15(12-18-9-7-16-8-10-18)19(14-4-5-14)11-13-3-1-2-6-17-13/h1-3,6,14,16H,4-5,7-12H2. The quantitative estimate of drug-likeness (QED) is 0.848. The molecule has 2 heterocycles. The Morgan fingerprint density at radius 2 is 2.15 bits per heavy atom. The fraction of sp³-hybridized carbons (Fsp3) is 0.600. The molecule has 0 spiro atoms. The van der Waals surface area contributed by atoms with E-state index in [1.807, 2.05) is 23.1 Å². The molecule has 20 heavy (non-hydrogen) atoms. The highest BCUT2D eigenvalue weighted by Crippen LogP contribution is 2.28. The Kier molecular flexibility index (Phi) is 4.28. The van der Waals surface area contributed by atoms with E-state index in [4.69, 9.17) is 0 Å². The van der Waals surface area contributed by atoms with Gasteiger partial charge in [0, 0.05) is 38.4 Å². The van der Waals surface area contributed by atoms with Gasteiger partial charge in [0.2, 0.25) is 5.91 Å². The first-order valence-electron chi connectivity index (χ1n) is 7.45. The normalized spacial score (nSPS) is 19.8. The van der Waals surface area contributed by atoms with Crippen molar-refractivity contribution >= 4 is 5.91 Å². The molecule has 1 aromatic heterocycles. The molecule has 108 valence electrons. The largest absolute Gasteiger partial charge is 0.333 e. The molecule has 1 aromatic rings. The molecule has 5 heteroatoms. The van der Waals surface area contributed by atoms with Crippen molar-refractivity contribution in [3.63, 3.8) is 0 Å². The molecule has 0 unspecified atom stereocenters. The van der Waals surface area contributed by atoms with Crippen LogP contribution in [0.25, 0.3) is 0 Å². The van der Waals surface area contributed by atoms with Gasteiger partial charge in [-0.05, 0) is 25.0 Å². The van der Waals surface area contributed by atoms with E-state index in [1.54, 1.807) is 6.20 Å². The van der Waals surface area contributed by atoms with E-state index in [-0.39, 0.29) is 5.91 Å². The zero-order valence-electron chi connectivity index (χ0n) is 11.8. The summed E-state index contributed by atoms with van der Waals surface area (Å²) in [7, 11) is 0. The van der Waals surface area contributed by atoms with Crippen molar-refractivity contribution in [1.82, 2.24) is 20.1 Å². The van der Waals surface area contributed by atoms with Gasteiger partial charge in [-0.1, -0.05) is 6.07 Å². The minimum Gasteiger partial charge on any atom is -0.333 e. The zero-order valence-corrected chi connectivity index (χ0v) is 11.8. The van der Waals surface area contributed by atoms with Gasteiger partial charge in [0.1, 0.15) is 0 Å². The fourth-order valence-electron chi connectivity index (χ4n) is 2.62. The van der Waals surface area contributed by atoms with Gasteiger partial charge in [-0.25, -0.2) is 0 Å². The van der Waals surface area contributed by atoms with E-state index in [0.717, 1.165) is 44.7 Å². The lowest BCUT2D eigenvalue weighted by Crippen LogP contribution is -2.48. The maximum absolute atomic E-state index is 12.5. The third-order valence-corrected chi connectivity index (χ3v) is 3.93. The molecule has 1 N–H and O–H groups in total. The molecule has 1 aliphatic heterocycles. The molecular formula is C15H22N4O. The van der Waals surface area contributed by atoms with Crippen molar-refractivity contribution in [2.24, 2.45) is 0 Å². The number of piperazine rings is 1. The molecule has 0 radical (unpaired) electrons. The lowest BCUT2D eigenvalue weighted by atomic mass is 10.3. The van der Waals surface area contributed by atoms with E-state index in [2.05, 4.69) is 15.2 Å². The molecule has 2 fully saturated rings. The summed E-state index contributed by atoms with van der Waals surface area (Å²) in [5, 5.41) is 3.32. The van der Waals surface area contributed by atoms with E-state index >= 15 is 0 Å². The van der Waals surface area contributed by atoms with E-state index in [0.29, 0.717) is 19.1 Å². The predicted octanol–water partition coefficient (Wildman–Crippen LogP) is 0.478. The molecule has 3 rings (SSSR count). The second kappa shape index (κ2) is 6.33. The summed E-state index contributed by atoms with van der Waals surface area (Å²) >= 11 is 0.